The first-order chi connectivity index (χ1) is 15.7. The molecule has 3 heterocycles. The number of ether oxygens (including phenoxy) is 1. The molecule has 1 fully saturated rings. The van der Waals surface area contributed by atoms with Crippen LogP contribution in [-0.2, 0) is 0 Å². The zero-order valence-corrected chi connectivity index (χ0v) is 17.2. The van der Waals surface area contributed by atoms with Crippen LogP contribution < -0.4 is 4.74 Å². The number of likely N-dealkylation sites (tertiary alicyclic amines) is 1. The lowest BCUT2D eigenvalue weighted by Gasteiger charge is -2.22. The lowest BCUT2D eigenvalue weighted by Crippen LogP contribution is -2.31. The molecule has 1 atom stereocenters. The van der Waals surface area contributed by atoms with Crippen LogP contribution in [0.4, 0.5) is 4.39 Å². The highest BCUT2D eigenvalue weighted by atomic mass is 19.1. The summed E-state index contributed by atoms with van der Waals surface area (Å²) in [4.78, 5) is 21.1. The lowest BCUT2D eigenvalue weighted by atomic mass is 10.1. The third-order valence-corrected chi connectivity index (χ3v) is 5.42. The Morgan fingerprint density at radius 3 is 2.78 bits per heavy atom. The quantitative estimate of drug-likeness (QED) is 0.474. The molecule has 32 heavy (non-hydrogen) atoms. The van der Waals surface area contributed by atoms with Gasteiger partial charge in [0.2, 0.25) is 11.7 Å². The number of methoxy groups -OCH3 is 1. The van der Waals surface area contributed by atoms with Crippen molar-refractivity contribution in [3.05, 3.63) is 72.1 Å². The second kappa shape index (κ2) is 8.22. The van der Waals surface area contributed by atoms with Gasteiger partial charge in [-0.15, -0.1) is 0 Å². The second-order valence-corrected chi connectivity index (χ2v) is 7.27. The average Bonchev–Trinajstić information content (AvgIpc) is 3.59. The van der Waals surface area contributed by atoms with Crippen molar-refractivity contribution in [1.82, 2.24) is 30.0 Å². The SMILES string of the molecule is COc1c(F)cccc1-c1noc(C2CCCN2C(=O)c2ccccc2-n2nccn2)n1. The molecule has 5 rings (SSSR count). The Bertz CT molecular complexity index is 1260. The van der Waals surface area contributed by atoms with Gasteiger partial charge in [0.05, 0.1) is 36.3 Å². The van der Waals surface area contributed by atoms with Gasteiger partial charge in [0.1, 0.15) is 6.04 Å². The number of para-hydroxylation sites is 2. The van der Waals surface area contributed by atoms with Crippen LogP contribution in [0.3, 0.4) is 0 Å². The lowest BCUT2D eigenvalue weighted by molar-refractivity contribution is 0.0709. The summed E-state index contributed by atoms with van der Waals surface area (Å²) < 4.78 is 24.7. The summed E-state index contributed by atoms with van der Waals surface area (Å²) in [7, 11) is 1.38. The second-order valence-electron chi connectivity index (χ2n) is 7.27. The van der Waals surface area contributed by atoms with Gasteiger partial charge in [-0.25, -0.2) is 4.39 Å². The highest BCUT2D eigenvalue weighted by Crippen LogP contribution is 2.36. The van der Waals surface area contributed by atoms with Crippen molar-refractivity contribution in [2.45, 2.75) is 18.9 Å². The van der Waals surface area contributed by atoms with E-state index in [1.165, 1.54) is 18.0 Å². The van der Waals surface area contributed by atoms with Crippen LogP contribution in [0, 0.1) is 5.82 Å². The third-order valence-electron chi connectivity index (χ3n) is 5.42. The maximum atomic E-state index is 14.1. The molecule has 0 saturated carbocycles. The summed E-state index contributed by atoms with van der Waals surface area (Å²) in [6.45, 7) is 0.547. The highest BCUT2D eigenvalue weighted by molar-refractivity contribution is 5.98. The smallest absolute Gasteiger partial charge is 0.256 e. The average molecular weight is 434 g/mol. The molecule has 9 nitrogen and oxygen atoms in total. The van der Waals surface area contributed by atoms with Gasteiger partial charge in [-0.3, -0.25) is 4.79 Å². The van der Waals surface area contributed by atoms with Gasteiger partial charge in [-0.1, -0.05) is 23.4 Å². The molecule has 1 aliphatic rings. The Labute approximate surface area is 182 Å². The molecule has 1 aliphatic heterocycles. The van der Waals surface area contributed by atoms with Gasteiger partial charge in [0.15, 0.2) is 11.6 Å². The number of carbonyl (C=O) groups is 1. The molecule has 0 N–H and O–H groups in total. The summed E-state index contributed by atoms with van der Waals surface area (Å²) in [5.41, 5.74) is 1.44. The van der Waals surface area contributed by atoms with Crippen molar-refractivity contribution >= 4 is 5.91 Å². The Hall–Kier alpha value is -4.08. The van der Waals surface area contributed by atoms with Gasteiger partial charge in [-0.2, -0.15) is 20.0 Å². The normalized spacial score (nSPS) is 15.8. The molecule has 2 aromatic carbocycles. The molecule has 162 valence electrons. The van der Waals surface area contributed by atoms with Crippen LogP contribution in [-0.4, -0.2) is 49.6 Å². The van der Waals surface area contributed by atoms with Gasteiger partial charge in [0, 0.05) is 6.54 Å². The number of hydrogen-bond donors (Lipinski definition) is 0. The van der Waals surface area contributed by atoms with Crippen molar-refractivity contribution in [3.63, 3.8) is 0 Å². The Balaban J connectivity index is 1.46. The molecule has 2 aromatic heterocycles. The van der Waals surface area contributed by atoms with Crippen LogP contribution in [0.5, 0.6) is 5.75 Å². The topological polar surface area (TPSA) is 99.2 Å². The number of carbonyl (C=O) groups excluding carboxylic acids is 1. The highest BCUT2D eigenvalue weighted by Gasteiger charge is 2.36. The summed E-state index contributed by atoms with van der Waals surface area (Å²) in [5.74, 6) is -0.148. The molecule has 0 radical (unpaired) electrons. The van der Waals surface area contributed by atoms with E-state index in [1.807, 2.05) is 6.07 Å². The van der Waals surface area contributed by atoms with Crippen LogP contribution in [0.2, 0.25) is 0 Å². The predicted octanol–water partition coefficient (Wildman–Crippen LogP) is 3.44. The molecule has 0 bridgehead atoms. The minimum absolute atomic E-state index is 0.0415. The number of amides is 1. The summed E-state index contributed by atoms with van der Waals surface area (Å²) in [6, 6.07) is 11.3. The van der Waals surface area contributed by atoms with E-state index in [1.54, 1.807) is 47.6 Å². The molecule has 0 spiro atoms. The van der Waals surface area contributed by atoms with Gasteiger partial charge < -0.3 is 14.2 Å². The maximum Gasteiger partial charge on any atom is 0.256 e. The first-order valence-corrected chi connectivity index (χ1v) is 10.1. The summed E-state index contributed by atoms with van der Waals surface area (Å²) in [6.07, 6.45) is 4.58. The Kier molecular flexibility index (Phi) is 5.10. The molecular formula is C22H19FN6O3. The molecule has 4 aromatic rings. The molecule has 10 heteroatoms. The predicted molar refractivity (Wildman–Crippen MR) is 111 cm³/mol. The third kappa shape index (κ3) is 3.39. The molecule has 0 aliphatic carbocycles. The number of hydrogen-bond acceptors (Lipinski definition) is 7. The molecule has 1 saturated heterocycles. The van der Waals surface area contributed by atoms with E-state index in [4.69, 9.17) is 9.26 Å². The maximum absolute atomic E-state index is 14.1. The minimum atomic E-state index is -0.516. The van der Waals surface area contributed by atoms with E-state index in [9.17, 15) is 9.18 Å². The molecule has 1 amide bonds. The van der Waals surface area contributed by atoms with Crippen LogP contribution in [0.25, 0.3) is 17.1 Å². The first kappa shape index (κ1) is 19.9. The number of aromatic nitrogens is 5. The number of rotatable bonds is 5. The zero-order chi connectivity index (χ0) is 22.1. The van der Waals surface area contributed by atoms with E-state index >= 15 is 0 Å². The van der Waals surface area contributed by atoms with E-state index in [0.29, 0.717) is 35.7 Å². The van der Waals surface area contributed by atoms with E-state index in [-0.39, 0.29) is 23.5 Å². The van der Waals surface area contributed by atoms with Crippen molar-refractivity contribution in [1.29, 1.82) is 0 Å². The first-order valence-electron chi connectivity index (χ1n) is 10.1. The van der Waals surface area contributed by atoms with Gasteiger partial charge in [-0.05, 0) is 37.1 Å². The zero-order valence-electron chi connectivity index (χ0n) is 17.2. The van der Waals surface area contributed by atoms with Crippen LogP contribution >= 0.6 is 0 Å². The monoisotopic (exact) mass is 434 g/mol. The Morgan fingerprint density at radius 1 is 1.16 bits per heavy atom. The summed E-state index contributed by atoms with van der Waals surface area (Å²) >= 11 is 0. The van der Waals surface area contributed by atoms with E-state index < -0.39 is 5.82 Å². The standard InChI is InChI=1S/C22H19FN6O3/c1-31-19-15(7-4-8-16(19)23)20-26-21(32-27-20)18-10-5-13-28(18)22(30)14-6-2-3-9-17(14)29-24-11-12-25-29/h2-4,6-9,11-12,18H,5,10,13H2,1H3. The van der Waals surface area contributed by atoms with Gasteiger partial charge >= 0.3 is 0 Å². The van der Waals surface area contributed by atoms with Crippen LogP contribution in [0.1, 0.15) is 35.1 Å². The minimum Gasteiger partial charge on any atom is -0.493 e. The van der Waals surface area contributed by atoms with Crippen molar-refractivity contribution in [2.75, 3.05) is 13.7 Å². The number of benzene rings is 2. The summed E-state index contributed by atoms with van der Waals surface area (Å²) in [5, 5.41) is 12.3. The molecule has 1 unspecified atom stereocenters. The number of nitrogens with zero attached hydrogens (tertiary/aromatic N) is 6. The largest absolute Gasteiger partial charge is 0.493 e. The van der Waals surface area contributed by atoms with Crippen LogP contribution in [0.15, 0.2) is 59.4 Å². The van der Waals surface area contributed by atoms with E-state index in [2.05, 4.69) is 20.3 Å². The fourth-order valence-electron chi connectivity index (χ4n) is 3.96. The van der Waals surface area contributed by atoms with Gasteiger partial charge in [0.25, 0.3) is 5.91 Å². The van der Waals surface area contributed by atoms with Crippen molar-refractivity contribution < 1.29 is 18.4 Å². The Morgan fingerprint density at radius 2 is 1.97 bits per heavy atom. The fraction of sp³-hybridized carbons (Fsp3) is 0.227. The fourth-order valence-corrected chi connectivity index (χ4v) is 3.96. The molecular weight excluding hydrogens is 415 g/mol. The van der Waals surface area contributed by atoms with E-state index in [0.717, 1.165) is 6.42 Å². The van der Waals surface area contributed by atoms with Crippen molar-refractivity contribution in [2.24, 2.45) is 0 Å². The number of halogens is 1. The van der Waals surface area contributed by atoms with Crippen molar-refractivity contribution in [3.8, 4) is 22.8 Å².